The molecule has 7 heteroatoms. The second kappa shape index (κ2) is 6.09. The topological polar surface area (TPSA) is 91.2 Å². The third-order valence-corrected chi connectivity index (χ3v) is 3.08. The summed E-state index contributed by atoms with van der Waals surface area (Å²) < 4.78 is 4.69. The van der Waals surface area contributed by atoms with Crippen LogP contribution in [0.5, 0.6) is 0 Å². The second-order valence-electron chi connectivity index (χ2n) is 3.86. The number of pyridine rings is 1. The van der Waals surface area contributed by atoms with Gasteiger partial charge >= 0.3 is 5.97 Å². The Morgan fingerprint density at radius 1 is 1.25 bits per heavy atom. The van der Waals surface area contributed by atoms with Gasteiger partial charge in [-0.05, 0) is 30.3 Å². The molecule has 0 spiro atoms. The minimum Gasteiger partial charge on any atom is -0.445 e. The number of ether oxygens (including phenoxy) is 1. The highest BCUT2D eigenvalue weighted by Crippen LogP contribution is 2.28. The Labute approximate surface area is 125 Å². The van der Waals surface area contributed by atoms with E-state index in [0.29, 0.717) is 22.0 Å². The lowest BCUT2D eigenvalue weighted by Gasteiger charge is -2.08. The Bertz CT molecular complexity index is 662. The normalized spacial score (nSPS) is 10.3. The van der Waals surface area contributed by atoms with E-state index in [9.17, 15) is 4.79 Å². The van der Waals surface area contributed by atoms with Crippen LogP contribution >= 0.6 is 23.2 Å². The van der Waals surface area contributed by atoms with Crippen LogP contribution in [0.25, 0.3) is 11.3 Å². The SMILES string of the molecule is NCOC(=O)c1nc(-c2ccc(Cl)cc2N)ccc1Cl. The molecule has 0 atom stereocenters. The molecule has 0 radical (unpaired) electrons. The largest absolute Gasteiger partial charge is 0.445 e. The molecule has 0 aliphatic heterocycles. The number of rotatable bonds is 3. The molecule has 5 nitrogen and oxygen atoms in total. The number of hydrogen-bond acceptors (Lipinski definition) is 5. The summed E-state index contributed by atoms with van der Waals surface area (Å²) in [7, 11) is 0. The molecule has 0 unspecified atom stereocenters. The molecule has 0 aliphatic carbocycles. The highest BCUT2D eigenvalue weighted by molar-refractivity contribution is 6.33. The Morgan fingerprint density at radius 2 is 2.00 bits per heavy atom. The summed E-state index contributed by atoms with van der Waals surface area (Å²) in [5.74, 6) is -0.688. The number of anilines is 1. The van der Waals surface area contributed by atoms with E-state index < -0.39 is 5.97 Å². The van der Waals surface area contributed by atoms with Crippen molar-refractivity contribution in [1.82, 2.24) is 4.98 Å². The smallest absolute Gasteiger partial charge is 0.359 e. The van der Waals surface area contributed by atoms with Gasteiger partial charge in [0.2, 0.25) is 0 Å². The van der Waals surface area contributed by atoms with Gasteiger partial charge in [0.15, 0.2) is 5.69 Å². The summed E-state index contributed by atoms with van der Waals surface area (Å²) in [6.45, 7) is -0.246. The van der Waals surface area contributed by atoms with Crippen LogP contribution in [0.2, 0.25) is 10.0 Å². The van der Waals surface area contributed by atoms with Crippen LogP contribution in [-0.2, 0) is 4.74 Å². The highest BCUT2D eigenvalue weighted by atomic mass is 35.5. The summed E-state index contributed by atoms with van der Waals surface area (Å²) in [4.78, 5) is 15.9. The van der Waals surface area contributed by atoms with Crippen molar-refractivity contribution in [3.8, 4) is 11.3 Å². The number of carbonyl (C=O) groups is 1. The van der Waals surface area contributed by atoms with Crippen molar-refractivity contribution >= 4 is 34.9 Å². The Morgan fingerprint density at radius 3 is 2.65 bits per heavy atom. The van der Waals surface area contributed by atoms with Crippen molar-refractivity contribution in [2.45, 2.75) is 0 Å². The lowest BCUT2D eigenvalue weighted by atomic mass is 10.1. The van der Waals surface area contributed by atoms with E-state index in [1.165, 1.54) is 0 Å². The maximum atomic E-state index is 11.7. The van der Waals surface area contributed by atoms with Crippen LogP contribution in [-0.4, -0.2) is 17.7 Å². The average molecular weight is 312 g/mol. The molecule has 2 aromatic rings. The fourth-order valence-corrected chi connectivity index (χ4v) is 2.01. The summed E-state index contributed by atoms with van der Waals surface area (Å²) >= 11 is 11.8. The maximum absolute atomic E-state index is 11.7. The number of nitrogen functional groups attached to an aromatic ring is 1. The lowest BCUT2D eigenvalue weighted by Crippen LogP contribution is -2.14. The first-order valence-electron chi connectivity index (χ1n) is 5.62. The molecule has 0 bridgehead atoms. The lowest BCUT2D eigenvalue weighted by molar-refractivity contribution is 0.0509. The van der Waals surface area contributed by atoms with E-state index in [-0.39, 0.29) is 17.4 Å². The van der Waals surface area contributed by atoms with Crippen molar-refractivity contribution in [3.05, 3.63) is 46.1 Å². The van der Waals surface area contributed by atoms with E-state index in [4.69, 9.17) is 34.7 Å². The fourth-order valence-electron chi connectivity index (χ4n) is 1.65. The number of carbonyl (C=O) groups excluding carboxylic acids is 1. The van der Waals surface area contributed by atoms with E-state index in [1.807, 2.05) is 0 Å². The molecule has 4 N–H and O–H groups in total. The van der Waals surface area contributed by atoms with Gasteiger partial charge < -0.3 is 10.5 Å². The van der Waals surface area contributed by atoms with Crippen molar-refractivity contribution in [3.63, 3.8) is 0 Å². The number of aromatic nitrogens is 1. The summed E-state index contributed by atoms with van der Waals surface area (Å²) in [5.41, 5.74) is 12.6. The number of hydrogen-bond donors (Lipinski definition) is 2. The molecule has 20 heavy (non-hydrogen) atoms. The van der Waals surface area contributed by atoms with Gasteiger partial charge in [-0.15, -0.1) is 0 Å². The Kier molecular flexibility index (Phi) is 4.44. The van der Waals surface area contributed by atoms with Gasteiger partial charge in [0.05, 0.1) is 10.7 Å². The standard InChI is InChI=1S/C13H11Cl2N3O2/c14-7-1-2-8(10(17)5-7)11-4-3-9(15)12(18-11)13(19)20-6-16/h1-5H,6,16-17H2. The predicted octanol–water partition coefficient (Wildman–Crippen LogP) is 2.71. The van der Waals surface area contributed by atoms with Crippen molar-refractivity contribution in [2.24, 2.45) is 5.73 Å². The second-order valence-corrected chi connectivity index (χ2v) is 4.70. The van der Waals surface area contributed by atoms with Crippen LogP contribution in [0.4, 0.5) is 5.69 Å². The highest BCUT2D eigenvalue weighted by Gasteiger charge is 2.16. The quantitative estimate of drug-likeness (QED) is 0.516. The predicted molar refractivity (Wildman–Crippen MR) is 78.6 cm³/mol. The van der Waals surface area contributed by atoms with Crippen LogP contribution in [0.1, 0.15) is 10.5 Å². The first-order chi connectivity index (χ1) is 9.52. The van der Waals surface area contributed by atoms with E-state index in [1.54, 1.807) is 30.3 Å². The zero-order valence-corrected chi connectivity index (χ0v) is 11.8. The van der Waals surface area contributed by atoms with Gasteiger partial charge in [-0.2, -0.15) is 0 Å². The van der Waals surface area contributed by atoms with Crippen LogP contribution < -0.4 is 11.5 Å². The summed E-state index contributed by atoms with van der Waals surface area (Å²) in [6.07, 6.45) is 0. The minimum absolute atomic E-state index is 0.0102. The number of nitrogens with zero attached hydrogens (tertiary/aromatic N) is 1. The summed E-state index contributed by atoms with van der Waals surface area (Å²) in [6, 6.07) is 8.20. The van der Waals surface area contributed by atoms with Crippen molar-refractivity contribution < 1.29 is 9.53 Å². The molecule has 2 rings (SSSR count). The zero-order valence-electron chi connectivity index (χ0n) is 10.3. The zero-order chi connectivity index (χ0) is 14.7. The van der Waals surface area contributed by atoms with E-state index >= 15 is 0 Å². The third kappa shape index (κ3) is 3.01. The van der Waals surface area contributed by atoms with Crippen LogP contribution in [0.3, 0.4) is 0 Å². The van der Waals surface area contributed by atoms with Gasteiger partial charge in [0.1, 0.15) is 6.73 Å². The molecule has 0 fully saturated rings. The van der Waals surface area contributed by atoms with Crippen LogP contribution in [0, 0.1) is 0 Å². The molecule has 0 aliphatic rings. The number of halogens is 2. The molecular weight excluding hydrogens is 301 g/mol. The average Bonchev–Trinajstić information content (AvgIpc) is 2.40. The molecule has 0 saturated heterocycles. The first-order valence-corrected chi connectivity index (χ1v) is 6.37. The van der Waals surface area contributed by atoms with Crippen molar-refractivity contribution in [1.29, 1.82) is 0 Å². The molecule has 1 heterocycles. The third-order valence-electron chi connectivity index (χ3n) is 2.54. The van der Waals surface area contributed by atoms with Gasteiger partial charge in [0, 0.05) is 16.3 Å². The Hall–Kier alpha value is -1.82. The van der Waals surface area contributed by atoms with Gasteiger partial charge in [-0.1, -0.05) is 23.2 Å². The van der Waals surface area contributed by atoms with Gasteiger partial charge in [-0.25, -0.2) is 9.78 Å². The number of benzene rings is 1. The monoisotopic (exact) mass is 311 g/mol. The maximum Gasteiger partial charge on any atom is 0.359 e. The Balaban J connectivity index is 2.48. The molecule has 1 aromatic carbocycles. The molecule has 0 saturated carbocycles. The number of esters is 1. The van der Waals surface area contributed by atoms with E-state index in [0.717, 1.165) is 0 Å². The minimum atomic E-state index is -0.688. The molecule has 1 aromatic heterocycles. The van der Waals surface area contributed by atoms with Crippen molar-refractivity contribution in [2.75, 3.05) is 12.5 Å². The molecule has 104 valence electrons. The van der Waals surface area contributed by atoms with Gasteiger partial charge in [-0.3, -0.25) is 5.73 Å². The summed E-state index contributed by atoms with van der Waals surface area (Å²) in [5, 5.41) is 0.697. The molecule has 0 amide bonds. The molecular formula is C13H11Cl2N3O2. The van der Waals surface area contributed by atoms with Crippen LogP contribution in [0.15, 0.2) is 30.3 Å². The first kappa shape index (κ1) is 14.6. The van der Waals surface area contributed by atoms with E-state index in [2.05, 4.69) is 9.72 Å². The fraction of sp³-hybridized carbons (Fsp3) is 0.0769. The number of nitrogens with two attached hydrogens (primary N) is 2. The van der Waals surface area contributed by atoms with Gasteiger partial charge in [0.25, 0.3) is 0 Å².